The molecule has 1 aliphatic heterocycles. The van der Waals surface area contributed by atoms with Crippen molar-refractivity contribution in [2.45, 2.75) is 4.90 Å². The summed E-state index contributed by atoms with van der Waals surface area (Å²) in [7, 11) is -4.25. The van der Waals surface area contributed by atoms with Crippen LogP contribution in [-0.4, -0.2) is 14.4 Å². The predicted molar refractivity (Wildman–Crippen MR) is 46.9 cm³/mol. The van der Waals surface area contributed by atoms with Crippen LogP contribution in [0.15, 0.2) is 17.0 Å². The van der Waals surface area contributed by atoms with Gasteiger partial charge in [-0.15, -0.1) is 6.42 Å². The van der Waals surface area contributed by atoms with Gasteiger partial charge in [0.15, 0.2) is 0 Å². The Morgan fingerprint density at radius 3 is 2.67 bits per heavy atom. The Kier molecular flexibility index (Phi) is 1.81. The molecule has 4 nitrogen and oxygen atoms in total. The Morgan fingerprint density at radius 2 is 2.07 bits per heavy atom. The maximum atomic E-state index is 13.1. The summed E-state index contributed by atoms with van der Waals surface area (Å²) in [5.41, 5.74) is -0.706. The van der Waals surface area contributed by atoms with Gasteiger partial charge in [0.25, 0.3) is 0 Å². The second-order valence-corrected chi connectivity index (χ2v) is 4.25. The fourth-order valence-corrected chi connectivity index (χ4v) is 2.50. The third-order valence-electron chi connectivity index (χ3n) is 1.91. The van der Waals surface area contributed by atoms with Gasteiger partial charge in [-0.3, -0.25) is 0 Å². The van der Waals surface area contributed by atoms with Gasteiger partial charge in [-0.05, 0) is 12.1 Å². The number of terminal acetylenes is 1. The molecule has 0 spiro atoms. The lowest BCUT2D eigenvalue weighted by Gasteiger charge is -1.98. The van der Waals surface area contributed by atoms with Gasteiger partial charge in [0.2, 0.25) is 0 Å². The van der Waals surface area contributed by atoms with E-state index in [1.54, 1.807) is 0 Å². The van der Waals surface area contributed by atoms with Crippen molar-refractivity contribution in [1.29, 1.82) is 0 Å². The molecule has 0 aromatic heterocycles. The van der Waals surface area contributed by atoms with Crippen molar-refractivity contribution in [1.82, 2.24) is 0 Å². The van der Waals surface area contributed by atoms with Crippen LogP contribution in [0.2, 0.25) is 0 Å². The first-order chi connectivity index (χ1) is 6.97. The number of carbonyl (C=O) groups excluding carboxylic acids is 1. The number of hydrogen-bond donors (Lipinski definition) is 0. The quantitative estimate of drug-likeness (QED) is 0.481. The summed E-state index contributed by atoms with van der Waals surface area (Å²) < 4.78 is 39.8. The lowest BCUT2D eigenvalue weighted by atomic mass is 10.1. The first kappa shape index (κ1) is 9.68. The van der Waals surface area contributed by atoms with Crippen molar-refractivity contribution >= 4 is 16.1 Å². The molecule has 0 atom stereocenters. The minimum Gasteiger partial charge on any atom is -0.338 e. The maximum Gasteiger partial charge on any atom is 0.355 e. The summed E-state index contributed by atoms with van der Waals surface area (Å²) >= 11 is 0. The van der Waals surface area contributed by atoms with Crippen molar-refractivity contribution in [3.05, 3.63) is 29.1 Å². The number of halogens is 1. The zero-order valence-corrected chi connectivity index (χ0v) is 7.97. The highest BCUT2D eigenvalue weighted by atomic mass is 32.2. The molecular formula is C9H3FO4S. The highest BCUT2D eigenvalue weighted by molar-refractivity contribution is 7.87. The molecule has 0 aliphatic carbocycles. The van der Waals surface area contributed by atoms with Crippen LogP contribution in [0.5, 0.6) is 0 Å². The summed E-state index contributed by atoms with van der Waals surface area (Å²) in [5.74, 6) is -0.0316. The van der Waals surface area contributed by atoms with Crippen LogP contribution in [0.4, 0.5) is 4.39 Å². The molecule has 0 N–H and O–H groups in total. The molecule has 2 rings (SSSR count). The van der Waals surface area contributed by atoms with E-state index in [-0.39, 0.29) is 5.56 Å². The van der Waals surface area contributed by atoms with Gasteiger partial charge in [0.05, 0.1) is 11.1 Å². The van der Waals surface area contributed by atoms with E-state index in [4.69, 9.17) is 6.42 Å². The normalized spacial score (nSPS) is 16.7. The first-order valence-electron chi connectivity index (χ1n) is 3.75. The Labute approximate surface area is 84.8 Å². The van der Waals surface area contributed by atoms with Crippen molar-refractivity contribution < 1.29 is 21.8 Å². The second kappa shape index (κ2) is 2.81. The standard InChI is InChI=1S/C9H3FO4S/c1-2-5-7(10)4-3-6-8(5)15(12,13)14-9(6)11/h1,3-4H. The summed E-state index contributed by atoms with van der Waals surface area (Å²) in [5, 5.41) is 0. The molecular weight excluding hydrogens is 223 g/mol. The average Bonchev–Trinajstić information content (AvgIpc) is 2.37. The van der Waals surface area contributed by atoms with Gasteiger partial charge in [-0.2, -0.15) is 8.42 Å². The number of fused-ring (bicyclic) bond motifs is 1. The van der Waals surface area contributed by atoms with Gasteiger partial charge in [0.1, 0.15) is 10.7 Å². The Bertz CT molecular complexity index is 610. The third-order valence-corrected chi connectivity index (χ3v) is 3.20. The molecule has 1 aromatic rings. The van der Waals surface area contributed by atoms with Crippen molar-refractivity contribution in [3.8, 4) is 12.3 Å². The van der Waals surface area contributed by atoms with Gasteiger partial charge in [-0.1, -0.05) is 5.92 Å². The average molecular weight is 226 g/mol. The van der Waals surface area contributed by atoms with Gasteiger partial charge < -0.3 is 4.18 Å². The number of hydrogen-bond acceptors (Lipinski definition) is 4. The van der Waals surface area contributed by atoms with Gasteiger partial charge >= 0.3 is 16.1 Å². The van der Waals surface area contributed by atoms with E-state index >= 15 is 0 Å². The largest absolute Gasteiger partial charge is 0.355 e. The Hall–Kier alpha value is -1.87. The lowest BCUT2D eigenvalue weighted by molar-refractivity contribution is 0.0762. The van der Waals surface area contributed by atoms with E-state index in [0.717, 1.165) is 12.1 Å². The minimum absolute atomic E-state index is 0.232. The third kappa shape index (κ3) is 1.21. The van der Waals surface area contributed by atoms with E-state index < -0.39 is 32.4 Å². The van der Waals surface area contributed by atoms with Crippen LogP contribution < -0.4 is 0 Å². The number of rotatable bonds is 0. The Balaban J connectivity index is 2.96. The van der Waals surface area contributed by atoms with Crippen molar-refractivity contribution in [3.63, 3.8) is 0 Å². The fraction of sp³-hybridized carbons (Fsp3) is 0. The van der Waals surface area contributed by atoms with Gasteiger partial charge in [-0.25, -0.2) is 9.18 Å². The van der Waals surface area contributed by atoms with Crippen molar-refractivity contribution in [2.24, 2.45) is 0 Å². The SMILES string of the molecule is C#Cc1c(F)ccc2c1S(=O)(=O)OC2=O. The van der Waals surface area contributed by atoms with Gasteiger partial charge in [0, 0.05) is 0 Å². The van der Waals surface area contributed by atoms with Crippen molar-refractivity contribution in [2.75, 3.05) is 0 Å². The molecule has 0 fully saturated rings. The summed E-state index contributed by atoms with van der Waals surface area (Å²) in [4.78, 5) is 10.5. The number of carbonyl (C=O) groups is 1. The molecule has 0 amide bonds. The summed E-state index contributed by atoms with van der Waals surface area (Å²) in [6.07, 6.45) is 4.97. The summed E-state index contributed by atoms with van der Waals surface area (Å²) in [6, 6.07) is 1.95. The molecule has 0 unspecified atom stereocenters. The molecule has 15 heavy (non-hydrogen) atoms. The predicted octanol–water partition coefficient (Wildman–Crippen LogP) is 0.666. The van der Waals surface area contributed by atoms with Crippen LogP contribution in [-0.2, 0) is 14.3 Å². The highest BCUT2D eigenvalue weighted by Crippen LogP contribution is 2.31. The van der Waals surface area contributed by atoms with E-state index in [0.29, 0.717) is 0 Å². The van der Waals surface area contributed by atoms with Crippen LogP contribution in [0, 0.1) is 18.2 Å². The van der Waals surface area contributed by atoms with Crippen LogP contribution in [0.25, 0.3) is 0 Å². The lowest BCUT2D eigenvalue weighted by Crippen LogP contribution is -2.01. The molecule has 1 aliphatic rings. The summed E-state index contributed by atoms with van der Waals surface area (Å²) in [6.45, 7) is 0. The smallest absolute Gasteiger partial charge is 0.338 e. The molecule has 0 saturated carbocycles. The molecule has 0 radical (unpaired) electrons. The monoisotopic (exact) mass is 226 g/mol. The van der Waals surface area contributed by atoms with E-state index in [2.05, 4.69) is 4.18 Å². The first-order valence-corrected chi connectivity index (χ1v) is 5.16. The zero-order chi connectivity index (χ0) is 11.2. The topological polar surface area (TPSA) is 60.4 Å². The molecule has 0 bridgehead atoms. The highest BCUT2D eigenvalue weighted by Gasteiger charge is 2.38. The fourth-order valence-electron chi connectivity index (χ4n) is 1.30. The molecule has 76 valence electrons. The minimum atomic E-state index is -4.25. The van der Waals surface area contributed by atoms with E-state index in [1.807, 2.05) is 5.92 Å². The van der Waals surface area contributed by atoms with Crippen LogP contribution >= 0.6 is 0 Å². The molecule has 1 heterocycles. The second-order valence-electron chi connectivity index (χ2n) is 2.77. The Morgan fingerprint density at radius 1 is 1.40 bits per heavy atom. The van der Waals surface area contributed by atoms with E-state index in [9.17, 15) is 17.6 Å². The molecule has 1 aromatic carbocycles. The molecule has 6 heteroatoms. The number of benzene rings is 1. The van der Waals surface area contributed by atoms with Crippen LogP contribution in [0.1, 0.15) is 15.9 Å². The zero-order valence-electron chi connectivity index (χ0n) is 7.15. The van der Waals surface area contributed by atoms with Crippen LogP contribution in [0.3, 0.4) is 0 Å². The van der Waals surface area contributed by atoms with E-state index in [1.165, 1.54) is 0 Å². The maximum absolute atomic E-state index is 13.1. The molecule has 0 saturated heterocycles.